The first kappa shape index (κ1) is 17.7. The summed E-state index contributed by atoms with van der Waals surface area (Å²) in [7, 11) is 0. The van der Waals surface area contributed by atoms with Gasteiger partial charge in [-0.3, -0.25) is 0 Å². The van der Waals surface area contributed by atoms with Crippen LogP contribution in [-0.4, -0.2) is 0 Å². The van der Waals surface area contributed by atoms with Crippen LogP contribution in [0.2, 0.25) is 0 Å². The van der Waals surface area contributed by atoms with E-state index in [4.69, 9.17) is 0 Å². The van der Waals surface area contributed by atoms with E-state index in [0.717, 1.165) is 0 Å². The molecule has 99 valence electrons. The number of benzene rings is 1. The van der Waals surface area contributed by atoms with E-state index >= 15 is 0 Å². The molecule has 2 rings (SSSR count). The molecule has 5 radical (unpaired) electrons. The molecule has 1 saturated carbocycles. The maximum absolute atomic E-state index is 2.21. The molecule has 1 aliphatic carbocycles. The van der Waals surface area contributed by atoms with Crippen LogP contribution in [0.3, 0.4) is 0 Å². The van der Waals surface area contributed by atoms with Crippen LogP contribution in [0.15, 0.2) is 0 Å². The summed E-state index contributed by atoms with van der Waals surface area (Å²) in [6.45, 7) is 13.3. The molecular weight excluding hydrogens is 260 g/mol. The Morgan fingerprint density at radius 3 is 0.611 bits per heavy atom. The molecule has 0 amide bonds. The summed E-state index contributed by atoms with van der Waals surface area (Å²) in [5, 5.41) is 0. The van der Waals surface area contributed by atoms with Crippen LogP contribution in [0.25, 0.3) is 0 Å². The Morgan fingerprint density at radius 1 is 0.389 bits per heavy atom. The Bertz CT molecular complexity index is 274. The summed E-state index contributed by atoms with van der Waals surface area (Å²) in [6.07, 6.45) is 10.0. The van der Waals surface area contributed by atoms with Crippen LogP contribution in [0, 0.1) is 73.6 Å². The second kappa shape index (κ2) is 8.02. The van der Waals surface area contributed by atoms with E-state index in [9.17, 15) is 0 Å². The summed E-state index contributed by atoms with van der Waals surface area (Å²) in [5.74, 6) is 0. The predicted molar refractivity (Wildman–Crippen MR) is 76.4 cm³/mol. The zero-order valence-corrected chi connectivity index (χ0v) is 13.3. The van der Waals surface area contributed by atoms with Gasteiger partial charge in [-0.1, -0.05) is 0 Å². The fourth-order valence-electron chi connectivity index (χ4n) is 2.01. The van der Waals surface area contributed by atoms with Gasteiger partial charge in [0.25, 0.3) is 0 Å². The van der Waals surface area contributed by atoms with Gasteiger partial charge in [0.2, 0.25) is 0 Å². The second-order valence-corrected chi connectivity index (χ2v) is 4.71. The quantitative estimate of drug-likeness (QED) is 0.612. The van der Waals surface area contributed by atoms with E-state index in [-0.39, 0.29) is 17.1 Å². The van der Waals surface area contributed by atoms with Gasteiger partial charge in [0, 0.05) is 17.1 Å². The molecule has 0 heterocycles. The van der Waals surface area contributed by atoms with Gasteiger partial charge in [0.15, 0.2) is 0 Å². The smallest absolute Gasteiger partial charge is 0 e. The normalized spacial score (nSPS) is 13.7. The van der Waals surface area contributed by atoms with Crippen molar-refractivity contribution in [3.05, 3.63) is 65.5 Å². The topological polar surface area (TPSA) is 0 Å². The summed E-state index contributed by atoms with van der Waals surface area (Å²) >= 11 is 0. The molecule has 0 saturated heterocycles. The van der Waals surface area contributed by atoms with Crippen LogP contribution >= 0.6 is 0 Å². The molecule has 0 bridgehead atoms. The van der Waals surface area contributed by atoms with Gasteiger partial charge in [0.05, 0.1) is 0 Å². The minimum absolute atomic E-state index is 0. The molecule has 1 aliphatic rings. The minimum Gasteiger partial charge on any atom is -0.0447 e. The van der Waals surface area contributed by atoms with E-state index in [1.54, 1.807) is 0 Å². The maximum Gasteiger partial charge on any atom is 0 e. The van der Waals surface area contributed by atoms with Crippen molar-refractivity contribution in [2.75, 3.05) is 0 Å². The van der Waals surface area contributed by atoms with Gasteiger partial charge in [0.1, 0.15) is 0 Å². The van der Waals surface area contributed by atoms with Crippen LogP contribution < -0.4 is 0 Å². The minimum atomic E-state index is 0. The molecule has 1 aromatic rings. The fraction of sp³-hybridized carbons (Fsp3) is 0.353. The van der Waals surface area contributed by atoms with Crippen molar-refractivity contribution in [2.45, 2.75) is 41.5 Å². The molecule has 0 N–H and O–H groups in total. The van der Waals surface area contributed by atoms with Crippen molar-refractivity contribution >= 4 is 0 Å². The van der Waals surface area contributed by atoms with E-state index in [0.29, 0.717) is 0 Å². The molecule has 0 atom stereocenters. The van der Waals surface area contributed by atoms with Gasteiger partial charge in [-0.05, 0) is 107 Å². The van der Waals surface area contributed by atoms with Gasteiger partial charge in [-0.25, -0.2) is 0 Å². The molecule has 0 unspecified atom stereocenters. The molecule has 1 fully saturated rings. The fourth-order valence-corrected chi connectivity index (χ4v) is 2.01. The first-order valence-corrected chi connectivity index (χ1v) is 6.17. The summed E-state index contributed by atoms with van der Waals surface area (Å²) < 4.78 is 0. The monoisotopic (exact) mass is 283 g/mol. The van der Waals surface area contributed by atoms with Crippen molar-refractivity contribution in [2.24, 2.45) is 0 Å². The number of hydrogen-bond acceptors (Lipinski definition) is 0. The van der Waals surface area contributed by atoms with Crippen molar-refractivity contribution in [1.82, 2.24) is 0 Å². The third-order valence-corrected chi connectivity index (χ3v) is 3.93. The molecule has 1 heteroatoms. The third kappa shape index (κ3) is 4.14. The van der Waals surface area contributed by atoms with Gasteiger partial charge >= 0.3 is 0 Å². The predicted octanol–water partition coefficient (Wildman–Crippen LogP) is 4.56. The van der Waals surface area contributed by atoms with E-state index in [1.807, 2.05) is 32.1 Å². The molecule has 0 aliphatic heterocycles. The van der Waals surface area contributed by atoms with Crippen LogP contribution in [-0.2, 0) is 17.1 Å². The summed E-state index contributed by atoms with van der Waals surface area (Å²) in [5.41, 5.74) is 8.73. The van der Waals surface area contributed by atoms with E-state index < -0.39 is 0 Å². The van der Waals surface area contributed by atoms with E-state index in [1.165, 1.54) is 33.4 Å². The van der Waals surface area contributed by atoms with Crippen molar-refractivity contribution in [3.63, 3.8) is 0 Å². The Kier molecular flexibility index (Phi) is 7.90. The van der Waals surface area contributed by atoms with Crippen LogP contribution in [0.4, 0.5) is 0 Å². The zero-order chi connectivity index (χ0) is 13.0. The number of hydrogen-bond donors (Lipinski definition) is 0. The molecular formula is C17H23Fe. The molecule has 0 spiro atoms. The maximum atomic E-state index is 2.21. The van der Waals surface area contributed by atoms with Crippen LogP contribution in [0.5, 0.6) is 0 Å². The Balaban J connectivity index is 0.000000405. The molecule has 0 nitrogen and oxygen atoms in total. The third-order valence-electron chi connectivity index (χ3n) is 3.93. The first-order chi connectivity index (χ1) is 7.96. The summed E-state index contributed by atoms with van der Waals surface area (Å²) in [4.78, 5) is 0. The Morgan fingerprint density at radius 2 is 0.500 bits per heavy atom. The average molecular weight is 283 g/mol. The molecule has 0 aromatic heterocycles. The van der Waals surface area contributed by atoms with Gasteiger partial charge in [-0.2, -0.15) is 0 Å². The standard InChI is InChI=1S/C12H18.C5H5.Fe/c1-7-8(2)10(4)12(6)11(5)9(7)3;1-2-4-5-3-1;/h1-6H3;1-5H;. The Hall–Kier alpha value is -0.261. The molecule has 1 aromatic carbocycles. The summed E-state index contributed by atoms with van der Waals surface area (Å²) in [6, 6.07) is 0. The SMILES string of the molecule is Cc1c(C)c(C)c(C)c(C)c1C.[CH]1[CH][CH][CH][CH]1.[Fe]. The second-order valence-electron chi connectivity index (χ2n) is 4.71. The van der Waals surface area contributed by atoms with Gasteiger partial charge < -0.3 is 0 Å². The van der Waals surface area contributed by atoms with Gasteiger partial charge in [-0.15, -0.1) is 0 Å². The number of rotatable bonds is 0. The van der Waals surface area contributed by atoms with Crippen LogP contribution in [0.1, 0.15) is 33.4 Å². The average Bonchev–Trinajstić information content (AvgIpc) is 2.90. The zero-order valence-electron chi connectivity index (χ0n) is 12.2. The van der Waals surface area contributed by atoms with Crippen molar-refractivity contribution < 1.29 is 17.1 Å². The first-order valence-electron chi connectivity index (χ1n) is 6.17. The van der Waals surface area contributed by atoms with Crippen molar-refractivity contribution in [3.8, 4) is 0 Å². The molecule has 18 heavy (non-hydrogen) atoms. The Labute approximate surface area is 124 Å². The van der Waals surface area contributed by atoms with Crippen molar-refractivity contribution in [1.29, 1.82) is 0 Å². The van der Waals surface area contributed by atoms with E-state index in [2.05, 4.69) is 41.5 Å². The largest absolute Gasteiger partial charge is 0.0447 e.